The SMILES string of the molecule is CC1C(c2ccccc2)OCCN1C.O=C(O)c1cc2ccccc2c(Cc2c(O)c(C(=O)O)cc3ccccc23)c1O. The number of ether oxygens (including phenoxy) is 1. The third kappa shape index (κ3) is 6.02. The molecule has 0 aromatic heterocycles. The van der Waals surface area contributed by atoms with E-state index in [4.69, 9.17) is 4.74 Å². The first-order chi connectivity index (χ1) is 20.7. The van der Waals surface area contributed by atoms with Crippen molar-refractivity contribution in [3.63, 3.8) is 0 Å². The summed E-state index contributed by atoms with van der Waals surface area (Å²) in [6, 6.07) is 27.7. The number of morpholine rings is 1. The Morgan fingerprint density at radius 3 is 1.72 bits per heavy atom. The Morgan fingerprint density at radius 1 is 0.767 bits per heavy atom. The topological polar surface area (TPSA) is 128 Å². The Bertz CT molecular complexity index is 1700. The average Bonchev–Trinajstić information content (AvgIpc) is 3.01. The van der Waals surface area contributed by atoms with Gasteiger partial charge in [-0.25, -0.2) is 9.59 Å². The van der Waals surface area contributed by atoms with Crippen LogP contribution in [0.4, 0.5) is 0 Å². The summed E-state index contributed by atoms with van der Waals surface area (Å²) in [6.45, 7) is 4.09. The maximum absolute atomic E-state index is 11.6. The molecular formula is C35H33NO7. The summed E-state index contributed by atoms with van der Waals surface area (Å²) in [4.78, 5) is 25.6. The van der Waals surface area contributed by atoms with Gasteiger partial charge in [-0.15, -0.1) is 0 Å². The van der Waals surface area contributed by atoms with Crippen molar-refractivity contribution in [2.45, 2.75) is 25.5 Å². The second-order valence-corrected chi connectivity index (χ2v) is 10.7. The largest absolute Gasteiger partial charge is 0.507 e. The number of aromatic hydroxyl groups is 2. The van der Waals surface area contributed by atoms with Gasteiger partial charge in [0, 0.05) is 30.1 Å². The van der Waals surface area contributed by atoms with E-state index in [1.54, 1.807) is 48.5 Å². The molecule has 8 heteroatoms. The molecule has 1 aliphatic heterocycles. The predicted octanol–water partition coefficient (Wildman–Crippen LogP) is 6.47. The fourth-order valence-electron chi connectivity index (χ4n) is 5.60. The maximum atomic E-state index is 11.6. The summed E-state index contributed by atoms with van der Waals surface area (Å²) < 4.78 is 5.80. The highest BCUT2D eigenvalue weighted by Gasteiger charge is 2.27. The van der Waals surface area contributed by atoms with Crippen LogP contribution in [0.15, 0.2) is 91.0 Å². The van der Waals surface area contributed by atoms with Crippen LogP contribution < -0.4 is 0 Å². The monoisotopic (exact) mass is 579 g/mol. The first-order valence-electron chi connectivity index (χ1n) is 14.0. The Morgan fingerprint density at radius 2 is 1.23 bits per heavy atom. The summed E-state index contributed by atoms with van der Waals surface area (Å²) in [7, 11) is 2.16. The summed E-state index contributed by atoms with van der Waals surface area (Å²) in [5.41, 5.74) is 1.40. The molecule has 43 heavy (non-hydrogen) atoms. The van der Waals surface area contributed by atoms with Crippen LogP contribution in [-0.2, 0) is 11.2 Å². The quantitative estimate of drug-likeness (QED) is 0.187. The fourth-order valence-corrected chi connectivity index (χ4v) is 5.60. The van der Waals surface area contributed by atoms with Gasteiger partial charge < -0.3 is 25.2 Å². The number of benzene rings is 5. The number of fused-ring (bicyclic) bond motifs is 2. The lowest BCUT2D eigenvalue weighted by Crippen LogP contribution is -2.42. The molecule has 1 aliphatic rings. The predicted molar refractivity (Wildman–Crippen MR) is 165 cm³/mol. The number of hydrogen-bond acceptors (Lipinski definition) is 6. The maximum Gasteiger partial charge on any atom is 0.339 e. The summed E-state index contributed by atoms with van der Waals surface area (Å²) in [6.07, 6.45) is 0.191. The molecule has 220 valence electrons. The molecule has 8 nitrogen and oxygen atoms in total. The molecular weight excluding hydrogens is 546 g/mol. The van der Waals surface area contributed by atoms with Gasteiger partial charge in [0.1, 0.15) is 22.6 Å². The third-order valence-electron chi connectivity index (χ3n) is 8.07. The van der Waals surface area contributed by atoms with Crippen LogP contribution in [0.3, 0.4) is 0 Å². The lowest BCUT2D eigenvalue weighted by molar-refractivity contribution is -0.0571. The molecule has 0 radical (unpaired) electrons. The molecule has 2 unspecified atom stereocenters. The number of nitrogens with zero attached hydrogens (tertiary/aromatic N) is 1. The Balaban J connectivity index is 0.000000220. The van der Waals surface area contributed by atoms with Gasteiger partial charge in [-0.1, -0.05) is 78.9 Å². The second kappa shape index (κ2) is 12.5. The number of phenols is 2. The molecule has 0 amide bonds. The van der Waals surface area contributed by atoms with Gasteiger partial charge >= 0.3 is 11.9 Å². The van der Waals surface area contributed by atoms with Crippen molar-refractivity contribution in [3.8, 4) is 11.5 Å². The minimum absolute atomic E-state index is 0.0407. The van der Waals surface area contributed by atoms with E-state index in [9.17, 15) is 30.0 Å². The van der Waals surface area contributed by atoms with E-state index in [0.717, 1.165) is 13.2 Å². The first kappa shape index (κ1) is 29.6. The second-order valence-electron chi connectivity index (χ2n) is 10.7. The van der Waals surface area contributed by atoms with Crippen molar-refractivity contribution in [1.29, 1.82) is 0 Å². The molecule has 1 fully saturated rings. The van der Waals surface area contributed by atoms with E-state index in [0.29, 0.717) is 38.7 Å². The summed E-state index contributed by atoms with van der Waals surface area (Å²) in [5, 5.41) is 42.8. The van der Waals surface area contributed by atoms with Crippen LogP contribution in [0.25, 0.3) is 21.5 Å². The minimum Gasteiger partial charge on any atom is -0.507 e. The normalized spacial score (nSPS) is 16.9. The van der Waals surface area contributed by atoms with Gasteiger partial charge in [-0.3, -0.25) is 4.90 Å². The minimum atomic E-state index is -1.28. The number of carbonyl (C=O) groups is 2. The molecule has 0 spiro atoms. The van der Waals surface area contributed by atoms with Crippen LogP contribution in [0, 0.1) is 0 Å². The lowest BCUT2D eigenvalue weighted by Gasteiger charge is -2.37. The van der Waals surface area contributed by atoms with E-state index in [1.165, 1.54) is 17.7 Å². The molecule has 6 rings (SSSR count). The Kier molecular flexibility index (Phi) is 8.61. The molecule has 5 aromatic rings. The smallest absolute Gasteiger partial charge is 0.339 e. The fraction of sp³-hybridized carbons (Fsp3) is 0.200. The van der Waals surface area contributed by atoms with Gasteiger partial charge in [0.25, 0.3) is 0 Å². The van der Waals surface area contributed by atoms with E-state index < -0.39 is 23.4 Å². The number of carboxylic acid groups (broad SMARTS) is 2. The highest BCUT2D eigenvalue weighted by atomic mass is 16.5. The van der Waals surface area contributed by atoms with E-state index >= 15 is 0 Å². The molecule has 0 saturated carbocycles. The zero-order valence-corrected chi connectivity index (χ0v) is 23.9. The first-order valence-corrected chi connectivity index (χ1v) is 14.0. The van der Waals surface area contributed by atoms with E-state index in [-0.39, 0.29) is 23.7 Å². The zero-order chi connectivity index (χ0) is 30.7. The van der Waals surface area contributed by atoms with Crippen LogP contribution in [0.1, 0.15) is 50.4 Å². The van der Waals surface area contributed by atoms with Gasteiger partial charge in [-0.05, 0) is 53.2 Å². The number of rotatable bonds is 5. The molecule has 2 atom stereocenters. The van der Waals surface area contributed by atoms with Crippen molar-refractivity contribution >= 4 is 33.5 Å². The molecule has 5 aromatic carbocycles. The number of aromatic carboxylic acids is 2. The molecule has 0 bridgehead atoms. The summed E-state index contributed by atoms with van der Waals surface area (Å²) in [5.74, 6) is -3.36. The van der Waals surface area contributed by atoms with E-state index in [1.807, 2.05) is 6.07 Å². The van der Waals surface area contributed by atoms with Crippen molar-refractivity contribution in [3.05, 3.63) is 119 Å². The Labute approximate surface area is 249 Å². The third-order valence-corrected chi connectivity index (χ3v) is 8.07. The van der Waals surface area contributed by atoms with Crippen molar-refractivity contribution < 1.29 is 34.8 Å². The van der Waals surface area contributed by atoms with Gasteiger partial charge in [0.05, 0.1) is 12.7 Å². The van der Waals surface area contributed by atoms with Crippen LogP contribution in [0.5, 0.6) is 11.5 Å². The van der Waals surface area contributed by atoms with Gasteiger partial charge in [0.15, 0.2) is 0 Å². The standard InChI is InChI=1S/C23H16O6.C12H17NO/c24-20-16(14-7-3-1-5-12(14)9-18(20)22(26)27)11-17-15-8-4-2-6-13(15)10-19(21(17)25)23(28)29;1-10-12(14-9-8-13(10)2)11-6-4-3-5-7-11/h1-10,24-25H,11H2,(H,26,27)(H,28,29);3-7,10,12H,8-9H2,1-2H3. The molecule has 1 saturated heterocycles. The van der Waals surface area contributed by atoms with Crippen molar-refractivity contribution in [2.75, 3.05) is 20.2 Å². The zero-order valence-electron chi connectivity index (χ0n) is 23.9. The van der Waals surface area contributed by atoms with Gasteiger partial charge in [0.2, 0.25) is 0 Å². The number of hydrogen-bond donors (Lipinski definition) is 4. The van der Waals surface area contributed by atoms with Crippen molar-refractivity contribution in [1.82, 2.24) is 4.90 Å². The summed E-state index contributed by atoms with van der Waals surface area (Å²) >= 11 is 0. The number of carboxylic acids is 2. The highest BCUT2D eigenvalue weighted by Crippen LogP contribution is 2.38. The highest BCUT2D eigenvalue weighted by molar-refractivity contribution is 6.02. The Hall–Kier alpha value is -4.92. The average molecular weight is 580 g/mol. The lowest BCUT2D eigenvalue weighted by atomic mass is 9.90. The van der Waals surface area contributed by atoms with E-state index in [2.05, 4.69) is 43.1 Å². The van der Waals surface area contributed by atoms with Crippen LogP contribution in [0.2, 0.25) is 0 Å². The number of likely N-dealkylation sites (N-methyl/N-ethyl adjacent to an activating group) is 1. The van der Waals surface area contributed by atoms with Gasteiger partial charge in [-0.2, -0.15) is 0 Å². The molecule has 0 aliphatic carbocycles. The van der Waals surface area contributed by atoms with Crippen LogP contribution in [-0.4, -0.2) is 63.5 Å². The van der Waals surface area contributed by atoms with Crippen molar-refractivity contribution in [2.24, 2.45) is 0 Å². The molecule has 1 heterocycles. The molecule has 4 N–H and O–H groups in total. The van der Waals surface area contributed by atoms with Crippen LogP contribution >= 0.6 is 0 Å².